The third-order valence-corrected chi connectivity index (χ3v) is 3.45. The molecule has 1 aromatic carbocycles. The van der Waals surface area contributed by atoms with Gasteiger partial charge in [0.2, 0.25) is 5.91 Å². The second-order valence-electron chi connectivity index (χ2n) is 3.76. The SMILES string of the molecule is COc1cc(Br)cc(NC(=O)[C@H](N)CCSC)c1. The molecule has 0 unspecified atom stereocenters. The molecule has 6 heteroatoms. The topological polar surface area (TPSA) is 64.3 Å². The van der Waals surface area contributed by atoms with Crippen molar-refractivity contribution in [1.29, 1.82) is 0 Å². The minimum absolute atomic E-state index is 0.177. The van der Waals surface area contributed by atoms with Crippen LogP contribution in [0.3, 0.4) is 0 Å². The van der Waals surface area contributed by atoms with Crippen molar-refractivity contribution < 1.29 is 9.53 Å². The van der Waals surface area contributed by atoms with Crippen LogP contribution in [0.1, 0.15) is 6.42 Å². The number of ether oxygens (including phenoxy) is 1. The minimum Gasteiger partial charge on any atom is -0.497 e. The number of nitrogens with two attached hydrogens (primary N) is 1. The molecule has 1 rings (SSSR count). The van der Waals surface area contributed by atoms with E-state index in [1.165, 1.54) is 0 Å². The number of carbonyl (C=O) groups is 1. The number of amides is 1. The number of carbonyl (C=O) groups excluding carboxylic acids is 1. The van der Waals surface area contributed by atoms with Crippen molar-refractivity contribution in [3.05, 3.63) is 22.7 Å². The molecule has 0 aliphatic carbocycles. The molecule has 100 valence electrons. The molecule has 0 saturated carbocycles. The van der Waals surface area contributed by atoms with Crippen LogP contribution in [-0.4, -0.2) is 31.1 Å². The average molecular weight is 333 g/mol. The van der Waals surface area contributed by atoms with Gasteiger partial charge in [-0.3, -0.25) is 4.79 Å². The van der Waals surface area contributed by atoms with Gasteiger partial charge in [-0.25, -0.2) is 0 Å². The lowest BCUT2D eigenvalue weighted by Crippen LogP contribution is -2.36. The molecule has 0 saturated heterocycles. The van der Waals surface area contributed by atoms with Crippen LogP contribution in [0.4, 0.5) is 5.69 Å². The van der Waals surface area contributed by atoms with Gasteiger partial charge >= 0.3 is 0 Å². The zero-order valence-corrected chi connectivity index (χ0v) is 12.8. The highest BCUT2D eigenvalue weighted by Gasteiger charge is 2.13. The van der Waals surface area contributed by atoms with E-state index in [4.69, 9.17) is 10.5 Å². The van der Waals surface area contributed by atoms with Gasteiger partial charge in [-0.1, -0.05) is 15.9 Å². The Morgan fingerprint density at radius 2 is 2.28 bits per heavy atom. The van der Waals surface area contributed by atoms with Crippen LogP contribution in [0.5, 0.6) is 5.75 Å². The molecule has 0 radical (unpaired) electrons. The summed E-state index contributed by atoms with van der Waals surface area (Å²) in [6.07, 6.45) is 2.65. The summed E-state index contributed by atoms with van der Waals surface area (Å²) in [6.45, 7) is 0. The Balaban J connectivity index is 2.66. The summed E-state index contributed by atoms with van der Waals surface area (Å²) in [5.41, 5.74) is 6.46. The Labute approximate surface area is 120 Å². The van der Waals surface area contributed by atoms with E-state index in [0.717, 1.165) is 10.2 Å². The highest BCUT2D eigenvalue weighted by molar-refractivity contribution is 9.10. The van der Waals surface area contributed by atoms with Crippen molar-refractivity contribution in [2.75, 3.05) is 24.4 Å². The van der Waals surface area contributed by atoms with Gasteiger partial charge in [0, 0.05) is 16.2 Å². The van der Waals surface area contributed by atoms with E-state index < -0.39 is 6.04 Å². The van der Waals surface area contributed by atoms with Crippen molar-refractivity contribution in [2.45, 2.75) is 12.5 Å². The second-order valence-corrected chi connectivity index (χ2v) is 5.66. The van der Waals surface area contributed by atoms with E-state index in [9.17, 15) is 4.79 Å². The normalized spacial score (nSPS) is 12.0. The predicted molar refractivity (Wildman–Crippen MR) is 80.3 cm³/mol. The van der Waals surface area contributed by atoms with Crippen molar-refractivity contribution >= 4 is 39.3 Å². The van der Waals surface area contributed by atoms with E-state index in [0.29, 0.717) is 17.9 Å². The lowest BCUT2D eigenvalue weighted by atomic mass is 10.2. The van der Waals surface area contributed by atoms with Gasteiger partial charge < -0.3 is 15.8 Å². The number of methoxy groups -OCH3 is 1. The average Bonchev–Trinajstić information content (AvgIpc) is 2.34. The van der Waals surface area contributed by atoms with E-state index >= 15 is 0 Å². The van der Waals surface area contributed by atoms with Gasteiger partial charge in [0.15, 0.2) is 0 Å². The molecule has 1 atom stereocenters. The van der Waals surface area contributed by atoms with Crippen LogP contribution in [-0.2, 0) is 4.79 Å². The lowest BCUT2D eigenvalue weighted by Gasteiger charge is -2.12. The summed E-state index contributed by atoms with van der Waals surface area (Å²) < 4.78 is 5.97. The Morgan fingerprint density at radius 3 is 2.89 bits per heavy atom. The summed E-state index contributed by atoms with van der Waals surface area (Å²) in [4.78, 5) is 11.8. The summed E-state index contributed by atoms with van der Waals surface area (Å²) in [6, 6.07) is 4.90. The van der Waals surface area contributed by atoms with Crippen molar-refractivity contribution in [3.8, 4) is 5.75 Å². The number of hydrogen-bond donors (Lipinski definition) is 2. The highest BCUT2D eigenvalue weighted by Crippen LogP contribution is 2.24. The zero-order chi connectivity index (χ0) is 13.5. The standard InChI is InChI=1S/C12H17BrN2O2S/c1-17-10-6-8(13)5-9(7-10)15-12(16)11(14)3-4-18-2/h5-7,11H,3-4,14H2,1-2H3,(H,15,16)/t11-/m1/s1. The van der Waals surface area contributed by atoms with E-state index in [1.54, 1.807) is 24.9 Å². The van der Waals surface area contributed by atoms with Crippen molar-refractivity contribution in [1.82, 2.24) is 0 Å². The Kier molecular flexibility index (Phi) is 6.52. The number of hydrogen-bond acceptors (Lipinski definition) is 4. The zero-order valence-electron chi connectivity index (χ0n) is 10.4. The van der Waals surface area contributed by atoms with Crippen molar-refractivity contribution in [2.24, 2.45) is 5.73 Å². The van der Waals surface area contributed by atoms with Gasteiger partial charge in [-0.05, 0) is 30.6 Å². The fraction of sp³-hybridized carbons (Fsp3) is 0.417. The Bertz CT molecular complexity index is 415. The van der Waals surface area contributed by atoms with Gasteiger partial charge in [0.25, 0.3) is 0 Å². The molecule has 0 fully saturated rings. The first-order valence-corrected chi connectivity index (χ1v) is 7.65. The van der Waals surface area contributed by atoms with Crippen LogP contribution in [0, 0.1) is 0 Å². The number of anilines is 1. The van der Waals surface area contributed by atoms with Gasteiger partial charge in [0.05, 0.1) is 13.2 Å². The third-order valence-electron chi connectivity index (χ3n) is 2.34. The quantitative estimate of drug-likeness (QED) is 0.839. The molecule has 1 aromatic rings. The van der Waals surface area contributed by atoms with Gasteiger partial charge in [-0.15, -0.1) is 0 Å². The summed E-state index contributed by atoms with van der Waals surface area (Å²) in [7, 11) is 1.58. The molecule has 0 aliphatic heterocycles. The molecule has 18 heavy (non-hydrogen) atoms. The first-order valence-electron chi connectivity index (χ1n) is 5.46. The Hall–Kier alpha value is -0.720. The van der Waals surface area contributed by atoms with Crippen LogP contribution < -0.4 is 15.8 Å². The molecule has 3 N–H and O–H groups in total. The third kappa shape index (κ3) is 4.88. The van der Waals surface area contributed by atoms with Crippen molar-refractivity contribution in [3.63, 3.8) is 0 Å². The largest absolute Gasteiger partial charge is 0.497 e. The maximum absolute atomic E-state index is 11.8. The van der Waals surface area contributed by atoms with Crippen LogP contribution >= 0.6 is 27.7 Å². The molecule has 0 aromatic heterocycles. The number of rotatable bonds is 6. The molecule has 0 heterocycles. The second kappa shape index (κ2) is 7.66. The fourth-order valence-corrected chi connectivity index (χ4v) is 2.33. The highest BCUT2D eigenvalue weighted by atomic mass is 79.9. The van der Waals surface area contributed by atoms with E-state index in [2.05, 4.69) is 21.2 Å². The molecular formula is C12H17BrN2O2S. The van der Waals surface area contributed by atoms with Crippen LogP contribution in [0.2, 0.25) is 0 Å². The maximum atomic E-state index is 11.8. The summed E-state index contributed by atoms with van der Waals surface area (Å²) in [5.74, 6) is 1.37. The van der Waals surface area contributed by atoms with Crippen LogP contribution in [0.25, 0.3) is 0 Å². The molecule has 4 nitrogen and oxygen atoms in total. The monoisotopic (exact) mass is 332 g/mol. The van der Waals surface area contributed by atoms with Crippen LogP contribution in [0.15, 0.2) is 22.7 Å². The number of nitrogens with one attached hydrogen (secondary N) is 1. The minimum atomic E-state index is -0.484. The predicted octanol–water partition coefficient (Wildman–Crippen LogP) is 2.48. The molecule has 0 bridgehead atoms. The molecule has 0 aliphatic rings. The molecule has 0 spiro atoms. The number of benzene rings is 1. The summed E-state index contributed by atoms with van der Waals surface area (Å²) >= 11 is 5.03. The number of halogens is 1. The molecule has 1 amide bonds. The maximum Gasteiger partial charge on any atom is 0.241 e. The first-order chi connectivity index (χ1) is 8.56. The van der Waals surface area contributed by atoms with Gasteiger partial charge in [-0.2, -0.15) is 11.8 Å². The van der Waals surface area contributed by atoms with E-state index in [-0.39, 0.29) is 5.91 Å². The lowest BCUT2D eigenvalue weighted by molar-refractivity contribution is -0.117. The van der Waals surface area contributed by atoms with E-state index in [1.807, 2.05) is 18.4 Å². The molecular weight excluding hydrogens is 316 g/mol. The van der Waals surface area contributed by atoms with Gasteiger partial charge in [0.1, 0.15) is 5.75 Å². The number of thioether (sulfide) groups is 1. The summed E-state index contributed by atoms with van der Waals surface area (Å²) in [5, 5.41) is 2.78. The first kappa shape index (κ1) is 15.3. The smallest absolute Gasteiger partial charge is 0.241 e. The fourth-order valence-electron chi connectivity index (χ4n) is 1.36. The Morgan fingerprint density at radius 1 is 1.56 bits per heavy atom.